The molecule has 9 nitrogen and oxygen atoms in total. The minimum absolute atomic E-state index is 0.0547. The Labute approximate surface area is 170 Å². The van der Waals surface area contributed by atoms with Gasteiger partial charge in [-0.2, -0.15) is 5.10 Å². The number of hydrogen-bond acceptors (Lipinski definition) is 6. The van der Waals surface area contributed by atoms with Crippen LogP contribution >= 0.6 is 0 Å². The van der Waals surface area contributed by atoms with Crippen molar-refractivity contribution in [2.75, 3.05) is 5.32 Å². The highest BCUT2D eigenvalue weighted by atomic mass is 16.2. The summed E-state index contributed by atoms with van der Waals surface area (Å²) in [6, 6.07) is 5.75. The van der Waals surface area contributed by atoms with Gasteiger partial charge in [0.2, 0.25) is 5.91 Å². The lowest BCUT2D eigenvalue weighted by atomic mass is 10.1. The minimum atomic E-state index is 0.0547. The molecule has 0 atom stereocenters. The molecule has 0 aromatic carbocycles. The maximum absolute atomic E-state index is 12.1. The highest BCUT2D eigenvalue weighted by Gasteiger charge is 2.29. The van der Waals surface area contributed by atoms with E-state index in [4.69, 9.17) is 0 Å². The summed E-state index contributed by atoms with van der Waals surface area (Å²) in [4.78, 5) is 32.8. The van der Waals surface area contributed by atoms with Crippen molar-refractivity contribution in [3.8, 4) is 22.6 Å². The van der Waals surface area contributed by atoms with E-state index < -0.39 is 0 Å². The van der Waals surface area contributed by atoms with Crippen LogP contribution in [-0.4, -0.2) is 41.0 Å². The van der Waals surface area contributed by atoms with Crippen molar-refractivity contribution >= 4 is 33.7 Å². The summed E-state index contributed by atoms with van der Waals surface area (Å²) < 4.78 is 0. The molecular weight excluding hydrogens is 380 g/mol. The second-order valence-corrected chi connectivity index (χ2v) is 7.40. The second kappa shape index (κ2) is 6.45. The molecule has 0 unspecified atom stereocenters. The Morgan fingerprint density at radius 3 is 2.83 bits per heavy atom. The summed E-state index contributed by atoms with van der Waals surface area (Å²) in [5.41, 5.74) is 5.43. The lowest BCUT2D eigenvalue weighted by Gasteiger charge is -2.06. The predicted molar refractivity (Wildman–Crippen MR) is 111 cm³/mol. The minimum Gasteiger partial charge on any atom is -0.335 e. The number of pyridine rings is 3. The van der Waals surface area contributed by atoms with Crippen LogP contribution in [0.2, 0.25) is 0 Å². The van der Waals surface area contributed by atoms with Crippen LogP contribution in [0.3, 0.4) is 0 Å². The van der Waals surface area contributed by atoms with Gasteiger partial charge in [-0.3, -0.25) is 19.9 Å². The zero-order valence-electron chi connectivity index (χ0n) is 15.8. The van der Waals surface area contributed by atoms with Crippen molar-refractivity contribution < 1.29 is 4.79 Å². The Morgan fingerprint density at radius 2 is 1.97 bits per heavy atom. The van der Waals surface area contributed by atoms with E-state index in [0.717, 1.165) is 40.4 Å². The number of aromatic amines is 2. The molecule has 146 valence electrons. The number of carbonyl (C=O) groups is 1. The van der Waals surface area contributed by atoms with Gasteiger partial charge in [-0.15, -0.1) is 0 Å². The lowest BCUT2D eigenvalue weighted by molar-refractivity contribution is -0.117. The number of amides is 1. The number of nitrogens with zero attached hydrogens (tertiary/aromatic N) is 5. The fraction of sp³-hybridized carbons (Fsp3) is 0.143. The first-order valence-corrected chi connectivity index (χ1v) is 9.65. The maximum atomic E-state index is 12.1. The molecule has 1 amide bonds. The molecule has 1 aliphatic carbocycles. The van der Waals surface area contributed by atoms with E-state index in [2.05, 4.69) is 40.4 Å². The molecule has 30 heavy (non-hydrogen) atoms. The van der Waals surface area contributed by atoms with E-state index in [1.165, 1.54) is 0 Å². The zero-order valence-corrected chi connectivity index (χ0v) is 15.8. The van der Waals surface area contributed by atoms with Gasteiger partial charge in [0.15, 0.2) is 11.5 Å². The van der Waals surface area contributed by atoms with Gasteiger partial charge in [0.25, 0.3) is 0 Å². The fourth-order valence-electron chi connectivity index (χ4n) is 3.47. The van der Waals surface area contributed by atoms with Gasteiger partial charge >= 0.3 is 0 Å². The summed E-state index contributed by atoms with van der Waals surface area (Å²) in [6.07, 6.45) is 10.5. The molecule has 9 heteroatoms. The Morgan fingerprint density at radius 1 is 1.07 bits per heavy atom. The van der Waals surface area contributed by atoms with Crippen LogP contribution in [0.15, 0.2) is 49.2 Å². The first-order valence-electron chi connectivity index (χ1n) is 9.65. The van der Waals surface area contributed by atoms with Gasteiger partial charge in [-0.25, -0.2) is 9.97 Å². The van der Waals surface area contributed by atoms with Gasteiger partial charge < -0.3 is 10.3 Å². The SMILES string of the molecule is O=C(Nc1cncc(-c2cnc3[nH]nc(-c4nc5ccncc5[nH]4)c3c2)c1)C1CC1. The topological polar surface area (TPSA) is 125 Å². The summed E-state index contributed by atoms with van der Waals surface area (Å²) in [7, 11) is 0. The van der Waals surface area contributed by atoms with Gasteiger partial charge in [0.05, 0.1) is 34.5 Å². The Balaban J connectivity index is 1.40. The monoisotopic (exact) mass is 396 g/mol. The number of aromatic nitrogens is 7. The van der Waals surface area contributed by atoms with Crippen molar-refractivity contribution in [3.63, 3.8) is 0 Å². The van der Waals surface area contributed by atoms with Crippen LogP contribution < -0.4 is 5.32 Å². The molecule has 0 spiro atoms. The van der Waals surface area contributed by atoms with Crippen molar-refractivity contribution in [2.45, 2.75) is 12.8 Å². The first kappa shape index (κ1) is 16.8. The molecule has 1 aliphatic rings. The molecular formula is C21H16N8O. The van der Waals surface area contributed by atoms with Crippen molar-refractivity contribution in [3.05, 3.63) is 49.2 Å². The van der Waals surface area contributed by atoms with Crippen molar-refractivity contribution in [2.24, 2.45) is 5.92 Å². The molecule has 1 saturated carbocycles. The van der Waals surface area contributed by atoms with E-state index in [0.29, 0.717) is 22.9 Å². The first-order chi connectivity index (χ1) is 14.7. The molecule has 3 N–H and O–H groups in total. The molecule has 0 aliphatic heterocycles. The standard InChI is InChI=1S/C21H16N8O/c30-21(11-1-2-11)25-14-5-12(7-23-9-14)13-6-15-18(28-29-19(15)24-8-13)20-26-16-3-4-22-10-17(16)27-20/h3-11H,1-2H2,(H,25,30)(H,26,27)(H,24,28,29). The van der Waals surface area contributed by atoms with Crippen LogP contribution in [0, 0.1) is 5.92 Å². The summed E-state index contributed by atoms with van der Waals surface area (Å²) in [5, 5.41) is 11.1. The third-order valence-corrected chi connectivity index (χ3v) is 5.21. The molecule has 0 saturated heterocycles. The molecule has 5 aromatic heterocycles. The molecule has 1 fully saturated rings. The van der Waals surface area contributed by atoms with E-state index in [1.54, 1.807) is 31.0 Å². The normalized spacial score (nSPS) is 13.7. The molecule has 6 rings (SSSR count). The summed E-state index contributed by atoms with van der Waals surface area (Å²) >= 11 is 0. The van der Waals surface area contributed by atoms with Gasteiger partial charge in [0, 0.05) is 35.6 Å². The van der Waals surface area contributed by atoms with Crippen LogP contribution in [0.1, 0.15) is 12.8 Å². The summed E-state index contributed by atoms with van der Waals surface area (Å²) in [6.45, 7) is 0. The number of anilines is 1. The predicted octanol–water partition coefficient (Wildman–Crippen LogP) is 3.31. The number of carbonyl (C=O) groups excluding carboxylic acids is 1. The largest absolute Gasteiger partial charge is 0.335 e. The van der Waals surface area contributed by atoms with E-state index in [-0.39, 0.29) is 11.8 Å². The Bertz CT molecular complexity index is 1380. The molecule has 5 aromatic rings. The van der Waals surface area contributed by atoms with Crippen LogP contribution in [0.4, 0.5) is 5.69 Å². The summed E-state index contributed by atoms with van der Waals surface area (Å²) in [5.74, 6) is 0.838. The third-order valence-electron chi connectivity index (χ3n) is 5.21. The average Bonchev–Trinajstić information content (AvgIpc) is 3.40. The quantitative estimate of drug-likeness (QED) is 0.428. The number of imidazole rings is 1. The average molecular weight is 396 g/mol. The molecule has 0 bridgehead atoms. The van der Waals surface area contributed by atoms with Gasteiger partial charge in [-0.1, -0.05) is 0 Å². The van der Waals surface area contributed by atoms with Crippen molar-refractivity contribution in [1.29, 1.82) is 0 Å². The highest BCUT2D eigenvalue weighted by Crippen LogP contribution is 2.32. The van der Waals surface area contributed by atoms with E-state index in [9.17, 15) is 4.79 Å². The number of hydrogen-bond donors (Lipinski definition) is 3. The lowest BCUT2D eigenvalue weighted by Crippen LogP contribution is -2.13. The Hall–Kier alpha value is -4.14. The van der Waals surface area contributed by atoms with Crippen LogP contribution in [0.25, 0.3) is 44.7 Å². The number of nitrogens with one attached hydrogen (secondary N) is 3. The zero-order chi connectivity index (χ0) is 20.1. The number of fused-ring (bicyclic) bond motifs is 2. The Kier molecular flexibility index (Phi) is 3.61. The molecule has 0 radical (unpaired) electrons. The maximum Gasteiger partial charge on any atom is 0.227 e. The highest BCUT2D eigenvalue weighted by molar-refractivity contribution is 5.95. The number of rotatable bonds is 4. The molecule has 5 heterocycles. The van der Waals surface area contributed by atoms with Crippen molar-refractivity contribution in [1.82, 2.24) is 35.1 Å². The fourth-order valence-corrected chi connectivity index (χ4v) is 3.47. The van der Waals surface area contributed by atoms with Crippen LogP contribution in [-0.2, 0) is 4.79 Å². The third kappa shape index (κ3) is 2.87. The van der Waals surface area contributed by atoms with Gasteiger partial charge in [-0.05, 0) is 31.0 Å². The van der Waals surface area contributed by atoms with E-state index in [1.807, 2.05) is 18.2 Å². The van der Waals surface area contributed by atoms with Crippen LogP contribution in [0.5, 0.6) is 0 Å². The second-order valence-electron chi connectivity index (χ2n) is 7.40. The van der Waals surface area contributed by atoms with Gasteiger partial charge in [0.1, 0.15) is 5.69 Å². The van der Waals surface area contributed by atoms with E-state index >= 15 is 0 Å². The smallest absolute Gasteiger partial charge is 0.227 e. The number of H-pyrrole nitrogens is 2.